The van der Waals surface area contributed by atoms with Crippen molar-refractivity contribution in [3.63, 3.8) is 0 Å². The summed E-state index contributed by atoms with van der Waals surface area (Å²) in [5.41, 5.74) is 0. The van der Waals surface area contributed by atoms with Crippen molar-refractivity contribution in [3.05, 3.63) is 22.4 Å². The van der Waals surface area contributed by atoms with E-state index < -0.39 is 0 Å². The SMILES string of the molecule is CC1CC1C(=O)NCCC(=O)NCCc1cccs1. The van der Waals surface area contributed by atoms with Gasteiger partial charge in [0.1, 0.15) is 0 Å². The van der Waals surface area contributed by atoms with Crippen LogP contribution in [0, 0.1) is 11.8 Å². The van der Waals surface area contributed by atoms with Crippen molar-refractivity contribution in [1.82, 2.24) is 10.6 Å². The third-order valence-corrected chi connectivity index (χ3v) is 4.31. The van der Waals surface area contributed by atoms with Crippen molar-refractivity contribution in [3.8, 4) is 0 Å². The van der Waals surface area contributed by atoms with E-state index in [9.17, 15) is 9.59 Å². The van der Waals surface area contributed by atoms with Gasteiger partial charge in [-0.1, -0.05) is 13.0 Å². The molecule has 2 atom stereocenters. The van der Waals surface area contributed by atoms with E-state index in [1.54, 1.807) is 11.3 Å². The fraction of sp³-hybridized carbons (Fsp3) is 0.571. The van der Waals surface area contributed by atoms with Gasteiger partial charge in [0.25, 0.3) is 0 Å². The third-order valence-electron chi connectivity index (χ3n) is 3.37. The Morgan fingerprint density at radius 1 is 1.37 bits per heavy atom. The summed E-state index contributed by atoms with van der Waals surface area (Å²) in [5.74, 6) is 0.793. The van der Waals surface area contributed by atoms with Crippen molar-refractivity contribution in [2.45, 2.75) is 26.2 Å². The van der Waals surface area contributed by atoms with Gasteiger partial charge < -0.3 is 10.6 Å². The molecule has 1 heterocycles. The standard InChI is InChI=1S/C14H20N2O2S/c1-10-9-12(10)14(18)16-7-5-13(17)15-6-4-11-3-2-8-19-11/h2-3,8,10,12H,4-7,9H2,1H3,(H,15,17)(H,16,18). The second-order valence-electron chi connectivity index (χ2n) is 5.04. The average Bonchev–Trinajstić information content (AvgIpc) is 2.89. The maximum Gasteiger partial charge on any atom is 0.223 e. The van der Waals surface area contributed by atoms with Crippen LogP contribution in [0.4, 0.5) is 0 Å². The Labute approximate surface area is 117 Å². The van der Waals surface area contributed by atoms with E-state index in [1.165, 1.54) is 4.88 Å². The van der Waals surface area contributed by atoms with Crippen molar-refractivity contribution < 1.29 is 9.59 Å². The lowest BCUT2D eigenvalue weighted by Gasteiger charge is -2.06. The number of thiophene rings is 1. The maximum absolute atomic E-state index is 11.5. The first kappa shape index (κ1) is 14.1. The Kier molecular flexibility index (Phi) is 4.96. The molecule has 0 saturated heterocycles. The van der Waals surface area contributed by atoms with Crippen molar-refractivity contribution in [2.24, 2.45) is 11.8 Å². The molecular weight excluding hydrogens is 260 g/mol. The summed E-state index contributed by atoms with van der Waals surface area (Å²) in [6.07, 6.45) is 2.21. The molecule has 19 heavy (non-hydrogen) atoms. The number of rotatable bonds is 7. The molecule has 2 unspecified atom stereocenters. The Morgan fingerprint density at radius 3 is 2.79 bits per heavy atom. The minimum atomic E-state index is 0.000650. The fourth-order valence-corrected chi connectivity index (χ4v) is 2.70. The van der Waals surface area contributed by atoms with Crippen LogP contribution in [0.5, 0.6) is 0 Å². The molecule has 0 spiro atoms. The Hall–Kier alpha value is -1.36. The maximum atomic E-state index is 11.5. The van der Waals surface area contributed by atoms with Gasteiger partial charge in [-0.3, -0.25) is 9.59 Å². The number of hydrogen-bond donors (Lipinski definition) is 2. The first-order valence-corrected chi connectivity index (χ1v) is 7.61. The first-order valence-electron chi connectivity index (χ1n) is 6.73. The van der Waals surface area contributed by atoms with Gasteiger partial charge >= 0.3 is 0 Å². The summed E-state index contributed by atoms with van der Waals surface area (Å²) in [4.78, 5) is 24.3. The van der Waals surface area contributed by atoms with E-state index >= 15 is 0 Å². The molecule has 104 valence electrons. The highest BCUT2D eigenvalue weighted by molar-refractivity contribution is 7.09. The van der Waals surface area contributed by atoms with Crippen LogP contribution >= 0.6 is 11.3 Å². The van der Waals surface area contributed by atoms with Crippen LogP contribution in [0.25, 0.3) is 0 Å². The molecule has 1 aliphatic carbocycles. The highest BCUT2D eigenvalue weighted by Gasteiger charge is 2.38. The summed E-state index contributed by atoms with van der Waals surface area (Å²) in [6, 6.07) is 4.07. The summed E-state index contributed by atoms with van der Waals surface area (Å²) in [6.45, 7) is 3.17. The number of amides is 2. The van der Waals surface area contributed by atoms with Gasteiger partial charge in [-0.05, 0) is 30.2 Å². The van der Waals surface area contributed by atoms with Gasteiger partial charge in [0, 0.05) is 30.3 Å². The quantitative estimate of drug-likeness (QED) is 0.796. The molecule has 1 aromatic heterocycles. The van der Waals surface area contributed by atoms with E-state index in [4.69, 9.17) is 0 Å². The lowest BCUT2D eigenvalue weighted by Crippen LogP contribution is -2.32. The van der Waals surface area contributed by atoms with Gasteiger partial charge in [0.2, 0.25) is 11.8 Å². The monoisotopic (exact) mass is 280 g/mol. The van der Waals surface area contributed by atoms with E-state index in [1.807, 2.05) is 11.4 Å². The first-order chi connectivity index (χ1) is 9.16. The van der Waals surface area contributed by atoms with Crippen molar-refractivity contribution in [2.75, 3.05) is 13.1 Å². The van der Waals surface area contributed by atoms with Crippen LogP contribution < -0.4 is 10.6 Å². The molecule has 4 nitrogen and oxygen atoms in total. The van der Waals surface area contributed by atoms with E-state index in [0.717, 1.165) is 12.8 Å². The topological polar surface area (TPSA) is 58.2 Å². The fourth-order valence-electron chi connectivity index (χ4n) is 1.99. The molecule has 1 aliphatic rings. The van der Waals surface area contributed by atoms with Gasteiger partial charge in [-0.15, -0.1) is 11.3 Å². The second kappa shape index (κ2) is 6.70. The smallest absolute Gasteiger partial charge is 0.223 e. The van der Waals surface area contributed by atoms with Crippen LogP contribution in [-0.2, 0) is 16.0 Å². The Morgan fingerprint density at radius 2 is 2.16 bits per heavy atom. The van der Waals surface area contributed by atoms with Gasteiger partial charge in [0.15, 0.2) is 0 Å². The van der Waals surface area contributed by atoms with Crippen LogP contribution in [-0.4, -0.2) is 24.9 Å². The number of hydrogen-bond acceptors (Lipinski definition) is 3. The predicted molar refractivity (Wildman–Crippen MR) is 75.9 cm³/mol. The number of nitrogens with one attached hydrogen (secondary N) is 2. The molecule has 5 heteroatoms. The Bertz CT molecular complexity index is 431. The zero-order valence-electron chi connectivity index (χ0n) is 11.1. The lowest BCUT2D eigenvalue weighted by molar-refractivity contribution is -0.123. The van der Waals surface area contributed by atoms with Gasteiger partial charge in [0.05, 0.1) is 0 Å². The molecule has 0 bridgehead atoms. The highest BCUT2D eigenvalue weighted by Crippen LogP contribution is 2.37. The largest absolute Gasteiger partial charge is 0.356 e. The average molecular weight is 280 g/mol. The molecular formula is C14H20N2O2S. The van der Waals surface area contributed by atoms with Gasteiger partial charge in [-0.25, -0.2) is 0 Å². The molecule has 0 aliphatic heterocycles. The van der Waals surface area contributed by atoms with Gasteiger partial charge in [-0.2, -0.15) is 0 Å². The Balaban J connectivity index is 1.51. The predicted octanol–water partition coefficient (Wildman–Crippen LogP) is 1.57. The molecule has 0 radical (unpaired) electrons. The van der Waals surface area contributed by atoms with E-state index in [2.05, 4.69) is 23.6 Å². The molecule has 2 rings (SSSR count). The summed E-state index contributed by atoms with van der Waals surface area (Å²) in [7, 11) is 0. The lowest BCUT2D eigenvalue weighted by atomic mass is 10.3. The zero-order chi connectivity index (χ0) is 13.7. The minimum absolute atomic E-state index is 0.000650. The van der Waals surface area contributed by atoms with Crippen LogP contribution in [0.15, 0.2) is 17.5 Å². The van der Waals surface area contributed by atoms with Crippen LogP contribution in [0.2, 0.25) is 0 Å². The summed E-state index contributed by atoms with van der Waals surface area (Å²) < 4.78 is 0. The molecule has 2 amide bonds. The van der Waals surface area contributed by atoms with Crippen molar-refractivity contribution >= 4 is 23.2 Å². The van der Waals surface area contributed by atoms with Crippen molar-refractivity contribution in [1.29, 1.82) is 0 Å². The zero-order valence-corrected chi connectivity index (χ0v) is 12.0. The molecule has 2 N–H and O–H groups in total. The molecule has 1 saturated carbocycles. The number of carbonyl (C=O) groups excluding carboxylic acids is 2. The second-order valence-corrected chi connectivity index (χ2v) is 6.07. The van der Waals surface area contributed by atoms with E-state index in [0.29, 0.717) is 25.4 Å². The van der Waals surface area contributed by atoms with Crippen LogP contribution in [0.3, 0.4) is 0 Å². The van der Waals surface area contributed by atoms with Crippen LogP contribution in [0.1, 0.15) is 24.6 Å². The highest BCUT2D eigenvalue weighted by atomic mass is 32.1. The molecule has 0 aromatic carbocycles. The molecule has 1 fully saturated rings. The third kappa shape index (κ3) is 4.67. The van der Waals surface area contributed by atoms with E-state index in [-0.39, 0.29) is 17.7 Å². The minimum Gasteiger partial charge on any atom is -0.356 e. The summed E-state index contributed by atoms with van der Waals surface area (Å²) >= 11 is 1.70. The normalized spacial score (nSPS) is 20.9. The number of carbonyl (C=O) groups is 2. The summed E-state index contributed by atoms with van der Waals surface area (Å²) in [5, 5.41) is 7.71. The molecule has 1 aromatic rings.